The van der Waals surface area contributed by atoms with Gasteiger partial charge < -0.3 is 15.2 Å². The van der Waals surface area contributed by atoms with Crippen LogP contribution in [0, 0.1) is 5.92 Å². The average Bonchev–Trinajstić information content (AvgIpc) is 2.45. The molecule has 21 heavy (non-hydrogen) atoms. The minimum absolute atomic E-state index is 0.202. The third-order valence-electron chi connectivity index (χ3n) is 3.60. The predicted molar refractivity (Wildman–Crippen MR) is 78.3 cm³/mol. The van der Waals surface area contributed by atoms with E-state index in [4.69, 9.17) is 4.74 Å². The second kappa shape index (κ2) is 6.61. The molecule has 114 valence electrons. The molecule has 1 aliphatic heterocycles. The molecule has 0 spiro atoms. The maximum atomic E-state index is 12.4. The predicted octanol–water partition coefficient (Wildman–Crippen LogP) is 2.17. The Morgan fingerprint density at radius 3 is 2.76 bits per heavy atom. The van der Waals surface area contributed by atoms with Crippen LogP contribution in [0.4, 0.5) is 0 Å². The van der Waals surface area contributed by atoms with Gasteiger partial charge in [0.1, 0.15) is 11.8 Å². The Kier molecular flexibility index (Phi) is 4.83. The van der Waals surface area contributed by atoms with Crippen LogP contribution < -0.4 is 10.1 Å². The maximum absolute atomic E-state index is 12.4. The van der Waals surface area contributed by atoms with E-state index < -0.39 is 12.0 Å². The number of benzene rings is 1. The van der Waals surface area contributed by atoms with Gasteiger partial charge in [-0.15, -0.1) is 0 Å². The number of para-hydroxylation sites is 1. The summed E-state index contributed by atoms with van der Waals surface area (Å²) in [4.78, 5) is 23.7. The molecule has 2 atom stereocenters. The van der Waals surface area contributed by atoms with Crippen molar-refractivity contribution in [3.8, 4) is 5.75 Å². The summed E-state index contributed by atoms with van der Waals surface area (Å²) >= 11 is 0. The number of carbonyl (C=O) groups excluding carboxylic acids is 1. The molecule has 1 aromatic rings. The highest BCUT2D eigenvalue weighted by Gasteiger charge is 2.30. The van der Waals surface area contributed by atoms with Gasteiger partial charge in [0.05, 0.1) is 12.5 Å². The number of nitrogens with one attached hydrogen (secondary N) is 1. The van der Waals surface area contributed by atoms with Crippen LogP contribution in [0.1, 0.15) is 38.2 Å². The normalized spacial score (nSPS) is 18.5. The minimum Gasteiger partial charge on any atom is -0.493 e. The summed E-state index contributed by atoms with van der Waals surface area (Å²) in [5.74, 6) is -0.659. The first-order valence-corrected chi connectivity index (χ1v) is 7.24. The molecule has 1 heterocycles. The smallest absolute Gasteiger partial charge is 0.326 e. The molecule has 1 amide bonds. The van der Waals surface area contributed by atoms with E-state index >= 15 is 0 Å². The van der Waals surface area contributed by atoms with Crippen LogP contribution in [-0.4, -0.2) is 29.6 Å². The highest BCUT2D eigenvalue weighted by molar-refractivity contribution is 5.88. The monoisotopic (exact) mass is 291 g/mol. The maximum Gasteiger partial charge on any atom is 0.326 e. The van der Waals surface area contributed by atoms with Gasteiger partial charge in [-0.1, -0.05) is 32.0 Å². The average molecular weight is 291 g/mol. The summed E-state index contributed by atoms with van der Waals surface area (Å²) in [7, 11) is 0. The SMILES string of the molecule is CC(C)C[C@H](NC(=O)C1CCOc2ccccc21)C(=O)O. The third kappa shape index (κ3) is 3.74. The van der Waals surface area contributed by atoms with Crippen molar-refractivity contribution in [2.24, 2.45) is 5.92 Å². The van der Waals surface area contributed by atoms with Gasteiger partial charge in [0.15, 0.2) is 0 Å². The van der Waals surface area contributed by atoms with Crippen molar-refractivity contribution in [2.45, 2.75) is 38.6 Å². The Labute approximate surface area is 124 Å². The Hall–Kier alpha value is -2.04. The lowest BCUT2D eigenvalue weighted by atomic mass is 9.91. The van der Waals surface area contributed by atoms with Gasteiger partial charge in [-0.3, -0.25) is 4.79 Å². The zero-order chi connectivity index (χ0) is 15.4. The molecule has 5 heteroatoms. The summed E-state index contributed by atoms with van der Waals surface area (Å²) < 4.78 is 5.52. The Bertz CT molecular complexity index is 527. The number of hydrogen-bond acceptors (Lipinski definition) is 3. The molecule has 0 aliphatic carbocycles. The number of amides is 1. The molecule has 0 saturated heterocycles. The third-order valence-corrected chi connectivity index (χ3v) is 3.60. The van der Waals surface area contributed by atoms with Gasteiger partial charge in [-0.25, -0.2) is 4.79 Å². The standard InChI is InChI=1S/C16H21NO4/c1-10(2)9-13(16(19)20)17-15(18)12-7-8-21-14-6-4-3-5-11(12)14/h3-6,10,12-13H,7-9H2,1-2H3,(H,17,18)(H,19,20)/t12?,13-/m0/s1. The van der Waals surface area contributed by atoms with Gasteiger partial charge in [0.25, 0.3) is 0 Å². The zero-order valence-electron chi connectivity index (χ0n) is 12.3. The van der Waals surface area contributed by atoms with Gasteiger partial charge in [-0.2, -0.15) is 0 Å². The molecule has 0 saturated carbocycles. The number of carboxylic acids is 1. The lowest BCUT2D eigenvalue weighted by molar-refractivity contribution is -0.142. The largest absolute Gasteiger partial charge is 0.493 e. The van der Waals surface area contributed by atoms with Crippen molar-refractivity contribution >= 4 is 11.9 Å². The number of ether oxygens (including phenoxy) is 1. The van der Waals surface area contributed by atoms with Gasteiger partial charge >= 0.3 is 5.97 Å². The van der Waals surface area contributed by atoms with Gasteiger partial charge in [-0.05, 0) is 24.8 Å². The van der Waals surface area contributed by atoms with Crippen molar-refractivity contribution in [3.63, 3.8) is 0 Å². The first-order chi connectivity index (χ1) is 9.99. The molecular weight excluding hydrogens is 270 g/mol. The molecule has 0 aromatic heterocycles. The summed E-state index contributed by atoms with van der Waals surface area (Å²) in [6.07, 6.45) is 0.989. The van der Waals surface area contributed by atoms with Crippen LogP contribution in [0.25, 0.3) is 0 Å². The Balaban J connectivity index is 2.12. The number of aliphatic carboxylic acids is 1. The molecular formula is C16H21NO4. The molecule has 1 aromatic carbocycles. The molecule has 0 fully saturated rings. The van der Waals surface area contributed by atoms with E-state index in [9.17, 15) is 14.7 Å². The fraction of sp³-hybridized carbons (Fsp3) is 0.500. The first-order valence-electron chi connectivity index (χ1n) is 7.24. The highest BCUT2D eigenvalue weighted by atomic mass is 16.5. The van der Waals surface area contributed by atoms with Crippen LogP contribution >= 0.6 is 0 Å². The number of hydrogen-bond donors (Lipinski definition) is 2. The summed E-state index contributed by atoms with van der Waals surface area (Å²) in [6.45, 7) is 4.34. The molecule has 5 nitrogen and oxygen atoms in total. The lowest BCUT2D eigenvalue weighted by Gasteiger charge is -2.26. The minimum atomic E-state index is -0.989. The van der Waals surface area contributed by atoms with Crippen LogP contribution in [0.2, 0.25) is 0 Å². The second-order valence-corrected chi connectivity index (χ2v) is 5.76. The Morgan fingerprint density at radius 1 is 1.38 bits per heavy atom. The molecule has 2 rings (SSSR count). The van der Waals surface area contributed by atoms with Crippen LogP contribution in [0.5, 0.6) is 5.75 Å². The first kappa shape index (κ1) is 15.4. The number of carbonyl (C=O) groups is 2. The molecule has 1 aliphatic rings. The van der Waals surface area contributed by atoms with Crippen LogP contribution in [-0.2, 0) is 9.59 Å². The van der Waals surface area contributed by atoms with E-state index in [1.165, 1.54) is 0 Å². The van der Waals surface area contributed by atoms with Crippen LogP contribution in [0.15, 0.2) is 24.3 Å². The molecule has 0 radical (unpaired) electrons. The summed E-state index contributed by atoms with van der Waals surface area (Å²) in [5.41, 5.74) is 0.829. The number of carboxylic acid groups (broad SMARTS) is 1. The van der Waals surface area contributed by atoms with E-state index in [1.807, 2.05) is 38.1 Å². The van der Waals surface area contributed by atoms with E-state index in [1.54, 1.807) is 0 Å². The Morgan fingerprint density at radius 2 is 2.10 bits per heavy atom. The lowest BCUT2D eigenvalue weighted by Crippen LogP contribution is -2.44. The van der Waals surface area contributed by atoms with Crippen molar-refractivity contribution in [3.05, 3.63) is 29.8 Å². The van der Waals surface area contributed by atoms with Gasteiger partial charge in [0, 0.05) is 5.56 Å². The van der Waals surface area contributed by atoms with Crippen molar-refractivity contribution in [1.29, 1.82) is 0 Å². The quantitative estimate of drug-likeness (QED) is 0.871. The summed E-state index contributed by atoms with van der Waals surface area (Å²) in [6, 6.07) is 6.57. The highest BCUT2D eigenvalue weighted by Crippen LogP contribution is 2.33. The van der Waals surface area contributed by atoms with E-state index in [0.717, 1.165) is 5.56 Å². The molecule has 0 bridgehead atoms. The molecule has 2 N–H and O–H groups in total. The van der Waals surface area contributed by atoms with E-state index in [-0.39, 0.29) is 17.7 Å². The fourth-order valence-electron chi connectivity index (χ4n) is 2.58. The van der Waals surface area contributed by atoms with E-state index in [2.05, 4.69) is 5.32 Å². The van der Waals surface area contributed by atoms with E-state index in [0.29, 0.717) is 25.2 Å². The zero-order valence-corrected chi connectivity index (χ0v) is 12.3. The second-order valence-electron chi connectivity index (χ2n) is 5.76. The van der Waals surface area contributed by atoms with Gasteiger partial charge in [0.2, 0.25) is 5.91 Å². The fourth-order valence-corrected chi connectivity index (χ4v) is 2.58. The number of rotatable bonds is 5. The van der Waals surface area contributed by atoms with Crippen molar-refractivity contribution in [1.82, 2.24) is 5.32 Å². The van der Waals surface area contributed by atoms with Crippen LogP contribution in [0.3, 0.4) is 0 Å². The van der Waals surface area contributed by atoms with Crippen molar-refractivity contribution < 1.29 is 19.4 Å². The van der Waals surface area contributed by atoms with Crippen molar-refractivity contribution in [2.75, 3.05) is 6.61 Å². The summed E-state index contributed by atoms with van der Waals surface area (Å²) in [5, 5.41) is 11.9. The molecule has 1 unspecified atom stereocenters. The number of fused-ring (bicyclic) bond motifs is 1. The topological polar surface area (TPSA) is 75.6 Å².